The topological polar surface area (TPSA) is 41.1 Å². The highest BCUT2D eigenvalue weighted by Gasteiger charge is 2.39. The average molecular weight is 233 g/mol. The molecule has 1 saturated heterocycles. The Bertz CT molecular complexity index is 223. The minimum atomic E-state index is -0.0431. The molecule has 1 heterocycles. The average Bonchev–Trinajstić information content (AvgIpc) is 2.62. The number of carbonyl (C=O) groups excluding carboxylic acids is 1. The van der Waals surface area contributed by atoms with Gasteiger partial charge in [-0.25, -0.2) is 0 Å². The van der Waals surface area contributed by atoms with Gasteiger partial charge in [0.25, 0.3) is 0 Å². The molecular weight excluding hydrogens is 212 g/mol. The second-order valence-corrected chi connectivity index (χ2v) is 4.92. The summed E-state index contributed by atoms with van der Waals surface area (Å²) in [5.74, 6) is 0.262. The van der Waals surface area contributed by atoms with Crippen molar-refractivity contribution in [3.05, 3.63) is 0 Å². The van der Waals surface area contributed by atoms with Crippen LogP contribution in [-0.4, -0.2) is 25.0 Å². The Morgan fingerprint density at radius 3 is 2.67 bits per heavy atom. The summed E-state index contributed by atoms with van der Waals surface area (Å²) in [5, 5.41) is 6.45. The van der Waals surface area contributed by atoms with Crippen molar-refractivity contribution in [3.63, 3.8) is 0 Å². The first kappa shape index (κ1) is 12.8. The van der Waals surface area contributed by atoms with Crippen molar-refractivity contribution in [2.24, 2.45) is 5.41 Å². The Morgan fingerprint density at radius 2 is 2.20 bits per heavy atom. The lowest BCUT2D eigenvalue weighted by Gasteiger charge is -2.36. The van der Waals surface area contributed by atoms with Gasteiger partial charge in [-0.1, -0.05) is 13.3 Å². The molecule has 15 heavy (non-hydrogen) atoms. The van der Waals surface area contributed by atoms with E-state index in [0.717, 1.165) is 25.9 Å². The lowest BCUT2D eigenvalue weighted by molar-refractivity contribution is -0.134. The minimum absolute atomic E-state index is 0. The van der Waals surface area contributed by atoms with Crippen molar-refractivity contribution < 1.29 is 4.79 Å². The van der Waals surface area contributed by atoms with E-state index < -0.39 is 0 Å². The van der Waals surface area contributed by atoms with Gasteiger partial charge in [0.15, 0.2) is 0 Å². The lowest BCUT2D eigenvalue weighted by atomic mass is 9.70. The normalized spacial score (nSPS) is 27.7. The standard InChI is InChI=1S/C11H20N2O.ClH/c1-11(5-3-6-11)10(14)13-8-9-4-2-7-12-9;/h9,12H,2-8H2,1H3,(H,13,14);1H. The minimum Gasteiger partial charge on any atom is -0.354 e. The van der Waals surface area contributed by atoms with Gasteiger partial charge in [0.1, 0.15) is 0 Å². The fourth-order valence-corrected chi connectivity index (χ4v) is 2.29. The zero-order chi connectivity index (χ0) is 10.0. The molecule has 2 fully saturated rings. The van der Waals surface area contributed by atoms with Crippen LogP contribution in [0.3, 0.4) is 0 Å². The summed E-state index contributed by atoms with van der Waals surface area (Å²) in [6.45, 7) is 4.00. The van der Waals surface area contributed by atoms with E-state index in [4.69, 9.17) is 0 Å². The lowest BCUT2D eigenvalue weighted by Crippen LogP contribution is -2.47. The van der Waals surface area contributed by atoms with E-state index in [1.807, 2.05) is 0 Å². The van der Waals surface area contributed by atoms with Gasteiger partial charge in [0, 0.05) is 18.0 Å². The highest BCUT2D eigenvalue weighted by atomic mass is 35.5. The Kier molecular flexibility index (Phi) is 4.41. The molecule has 1 aliphatic carbocycles. The highest BCUT2D eigenvalue weighted by Crippen LogP contribution is 2.40. The fraction of sp³-hybridized carbons (Fsp3) is 0.909. The van der Waals surface area contributed by atoms with Gasteiger partial charge in [-0.2, -0.15) is 0 Å². The van der Waals surface area contributed by atoms with Crippen LogP contribution < -0.4 is 10.6 Å². The Balaban J connectivity index is 0.00000112. The molecular formula is C11H21ClN2O. The Hall–Kier alpha value is -0.280. The molecule has 0 aromatic carbocycles. The SMILES string of the molecule is CC1(C(=O)NCC2CCCN2)CCC1.Cl. The molecule has 0 aromatic rings. The summed E-state index contributed by atoms with van der Waals surface area (Å²) in [4.78, 5) is 11.8. The zero-order valence-electron chi connectivity index (χ0n) is 9.34. The second-order valence-electron chi connectivity index (χ2n) is 4.92. The largest absolute Gasteiger partial charge is 0.354 e. The maximum atomic E-state index is 11.8. The molecule has 0 aromatic heterocycles. The molecule has 3 nitrogen and oxygen atoms in total. The molecule has 0 radical (unpaired) electrons. The van der Waals surface area contributed by atoms with Gasteiger partial charge in [-0.15, -0.1) is 12.4 Å². The smallest absolute Gasteiger partial charge is 0.225 e. The van der Waals surface area contributed by atoms with Crippen molar-refractivity contribution >= 4 is 18.3 Å². The predicted molar refractivity (Wildman–Crippen MR) is 63.2 cm³/mol. The predicted octanol–water partition coefficient (Wildman–Crippen LogP) is 1.47. The number of hydrogen-bond donors (Lipinski definition) is 2. The van der Waals surface area contributed by atoms with E-state index in [9.17, 15) is 4.79 Å². The molecule has 1 unspecified atom stereocenters. The third-order valence-corrected chi connectivity index (χ3v) is 3.68. The molecule has 1 aliphatic heterocycles. The van der Waals surface area contributed by atoms with Crippen molar-refractivity contribution in [3.8, 4) is 0 Å². The number of hydrogen-bond acceptors (Lipinski definition) is 2. The Morgan fingerprint density at radius 1 is 1.47 bits per heavy atom. The van der Waals surface area contributed by atoms with Crippen molar-refractivity contribution in [2.45, 2.75) is 45.1 Å². The summed E-state index contributed by atoms with van der Waals surface area (Å²) >= 11 is 0. The van der Waals surface area contributed by atoms with Crippen LogP contribution >= 0.6 is 12.4 Å². The van der Waals surface area contributed by atoms with E-state index >= 15 is 0 Å². The summed E-state index contributed by atoms with van der Waals surface area (Å²) in [6, 6.07) is 0.516. The maximum Gasteiger partial charge on any atom is 0.225 e. The molecule has 4 heteroatoms. The summed E-state index contributed by atoms with van der Waals surface area (Å²) in [6.07, 6.45) is 5.80. The van der Waals surface area contributed by atoms with Crippen LogP contribution in [0.15, 0.2) is 0 Å². The van der Waals surface area contributed by atoms with Gasteiger partial charge in [-0.05, 0) is 32.2 Å². The second kappa shape index (κ2) is 5.17. The number of halogens is 1. The van der Waals surface area contributed by atoms with Crippen molar-refractivity contribution in [2.75, 3.05) is 13.1 Å². The summed E-state index contributed by atoms with van der Waals surface area (Å²) in [7, 11) is 0. The number of carbonyl (C=O) groups is 1. The first-order valence-electron chi connectivity index (χ1n) is 5.72. The van der Waals surface area contributed by atoms with Crippen LogP contribution in [0.25, 0.3) is 0 Å². The van der Waals surface area contributed by atoms with Crippen LogP contribution in [0.1, 0.15) is 39.0 Å². The van der Waals surface area contributed by atoms with Gasteiger partial charge < -0.3 is 10.6 Å². The first-order chi connectivity index (χ1) is 6.71. The third kappa shape index (κ3) is 2.85. The number of rotatable bonds is 3. The van der Waals surface area contributed by atoms with Crippen LogP contribution in [0, 0.1) is 5.41 Å². The van der Waals surface area contributed by atoms with Gasteiger partial charge in [0.2, 0.25) is 5.91 Å². The summed E-state index contributed by atoms with van der Waals surface area (Å²) < 4.78 is 0. The van der Waals surface area contributed by atoms with Crippen LogP contribution in [0.2, 0.25) is 0 Å². The molecule has 1 saturated carbocycles. The van der Waals surface area contributed by atoms with E-state index in [1.165, 1.54) is 19.3 Å². The maximum absolute atomic E-state index is 11.8. The van der Waals surface area contributed by atoms with E-state index in [2.05, 4.69) is 17.6 Å². The van der Waals surface area contributed by atoms with Crippen LogP contribution in [0.5, 0.6) is 0 Å². The highest BCUT2D eigenvalue weighted by molar-refractivity contribution is 5.85. The van der Waals surface area contributed by atoms with Crippen LogP contribution in [-0.2, 0) is 4.79 Å². The van der Waals surface area contributed by atoms with Crippen LogP contribution in [0.4, 0.5) is 0 Å². The van der Waals surface area contributed by atoms with E-state index in [-0.39, 0.29) is 23.7 Å². The van der Waals surface area contributed by atoms with Crippen molar-refractivity contribution in [1.82, 2.24) is 10.6 Å². The van der Waals surface area contributed by atoms with Gasteiger partial charge in [-0.3, -0.25) is 4.79 Å². The number of amides is 1. The van der Waals surface area contributed by atoms with Gasteiger partial charge >= 0.3 is 0 Å². The molecule has 0 spiro atoms. The molecule has 2 N–H and O–H groups in total. The third-order valence-electron chi connectivity index (χ3n) is 3.68. The first-order valence-corrected chi connectivity index (χ1v) is 5.72. The summed E-state index contributed by atoms with van der Waals surface area (Å²) in [5.41, 5.74) is -0.0431. The monoisotopic (exact) mass is 232 g/mol. The molecule has 0 bridgehead atoms. The molecule has 88 valence electrons. The molecule has 2 rings (SSSR count). The number of nitrogens with one attached hydrogen (secondary N) is 2. The van der Waals surface area contributed by atoms with E-state index in [0.29, 0.717) is 6.04 Å². The fourth-order valence-electron chi connectivity index (χ4n) is 2.29. The molecule has 2 aliphatic rings. The molecule has 1 amide bonds. The van der Waals surface area contributed by atoms with Gasteiger partial charge in [0.05, 0.1) is 0 Å². The Labute approximate surface area is 97.8 Å². The quantitative estimate of drug-likeness (QED) is 0.774. The van der Waals surface area contributed by atoms with E-state index in [1.54, 1.807) is 0 Å². The molecule has 1 atom stereocenters. The zero-order valence-corrected chi connectivity index (χ0v) is 10.2. The van der Waals surface area contributed by atoms with Crippen molar-refractivity contribution in [1.29, 1.82) is 0 Å².